The Hall–Kier alpha value is -1.71. The van der Waals surface area contributed by atoms with E-state index in [0.29, 0.717) is 6.42 Å². The smallest absolute Gasteiger partial charge is 0.222 e. The van der Waals surface area contributed by atoms with E-state index in [9.17, 15) is 4.79 Å². The number of anilines is 1. The third-order valence-corrected chi connectivity index (χ3v) is 5.40. The molecule has 1 saturated heterocycles. The molecule has 3 aliphatic rings. The van der Waals surface area contributed by atoms with Gasteiger partial charge in [-0.05, 0) is 43.0 Å². The quantitative estimate of drug-likeness (QED) is 0.835. The van der Waals surface area contributed by atoms with Crippen LogP contribution < -0.4 is 15.0 Å². The van der Waals surface area contributed by atoms with Gasteiger partial charge in [0.2, 0.25) is 5.91 Å². The van der Waals surface area contributed by atoms with Crippen LogP contribution in [0.2, 0.25) is 0 Å². The van der Waals surface area contributed by atoms with Gasteiger partial charge in [-0.2, -0.15) is 0 Å². The van der Waals surface area contributed by atoms with Crippen molar-refractivity contribution in [2.24, 2.45) is 0 Å². The second-order valence-electron chi connectivity index (χ2n) is 5.96. The van der Waals surface area contributed by atoms with E-state index in [2.05, 4.69) is 29.4 Å². The molecule has 1 amide bonds. The van der Waals surface area contributed by atoms with Crippen molar-refractivity contribution in [2.75, 3.05) is 19.1 Å². The van der Waals surface area contributed by atoms with Crippen molar-refractivity contribution in [1.29, 1.82) is 0 Å². The van der Waals surface area contributed by atoms with E-state index >= 15 is 0 Å². The van der Waals surface area contributed by atoms with Crippen LogP contribution >= 0.6 is 0 Å². The van der Waals surface area contributed by atoms with Crippen LogP contribution in [0, 0.1) is 0 Å². The van der Waals surface area contributed by atoms with Gasteiger partial charge >= 0.3 is 0 Å². The lowest BCUT2D eigenvalue weighted by Crippen LogP contribution is -2.58. The van der Waals surface area contributed by atoms with Crippen molar-refractivity contribution in [2.45, 2.75) is 36.8 Å². The maximum absolute atomic E-state index is 12.0. The third-order valence-electron chi connectivity index (χ3n) is 5.40. The molecule has 4 rings (SSSR count). The first kappa shape index (κ1) is 11.1. The van der Waals surface area contributed by atoms with Gasteiger partial charge < -0.3 is 15.0 Å². The minimum absolute atomic E-state index is 0.0529. The number of carbonyl (C=O) groups excluding carboxylic acids is 1. The second kappa shape index (κ2) is 3.24. The summed E-state index contributed by atoms with van der Waals surface area (Å²) in [5, 5.41) is 3.26. The van der Waals surface area contributed by atoms with E-state index in [0.717, 1.165) is 18.6 Å². The fourth-order valence-corrected chi connectivity index (χ4v) is 4.61. The number of hydrogen-bond donors (Lipinski definition) is 1. The summed E-state index contributed by atoms with van der Waals surface area (Å²) in [6.07, 6.45) is 3.89. The molecule has 2 aliphatic heterocycles. The van der Waals surface area contributed by atoms with Crippen molar-refractivity contribution in [3.8, 4) is 5.75 Å². The monoisotopic (exact) mass is 258 g/mol. The van der Waals surface area contributed by atoms with Gasteiger partial charge in [0, 0.05) is 24.6 Å². The SMILES string of the molecule is COc1ccc2c(c1)C13CCCC1(NC(=O)C3)N2C. The summed E-state index contributed by atoms with van der Waals surface area (Å²) in [7, 11) is 3.79. The summed E-state index contributed by atoms with van der Waals surface area (Å²) in [4.78, 5) is 14.3. The molecule has 1 saturated carbocycles. The molecule has 0 spiro atoms. The Bertz CT molecular complexity index is 586. The fraction of sp³-hybridized carbons (Fsp3) is 0.533. The van der Waals surface area contributed by atoms with E-state index in [-0.39, 0.29) is 17.0 Å². The first-order valence-electron chi connectivity index (χ1n) is 6.86. The Morgan fingerprint density at radius 2 is 2.21 bits per heavy atom. The molecule has 2 atom stereocenters. The molecule has 0 aromatic heterocycles. The van der Waals surface area contributed by atoms with E-state index in [1.807, 2.05) is 6.07 Å². The summed E-state index contributed by atoms with van der Waals surface area (Å²) >= 11 is 0. The number of nitrogens with one attached hydrogen (secondary N) is 1. The number of benzene rings is 1. The highest BCUT2D eigenvalue weighted by Gasteiger charge is 2.68. The average molecular weight is 258 g/mol. The molecule has 4 heteroatoms. The molecule has 100 valence electrons. The van der Waals surface area contributed by atoms with E-state index in [1.165, 1.54) is 17.7 Å². The van der Waals surface area contributed by atoms with Gasteiger partial charge in [0.1, 0.15) is 11.4 Å². The molecule has 1 aliphatic carbocycles. The van der Waals surface area contributed by atoms with Gasteiger partial charge in [-0.3, -0.25) is 4.79 Å². The van der Waals surface area contributed by atoms with Gasteiger partial charge in [-0.15, -0.1) is 0 Å². The number of carbonyl (C=O) groups is 1. The van der Waals surface area contributed by atoms with Crippen LogP contribution in [0.5, 0.6) is 5.75 Å². The Kier molecular flexibility index (Phi) is 1.90. The zero-order valence-electron chi connectivity index (χ0n) is 11.3. The van der Waals surface area contributed by atoms with Gasteiger partial charge in [0.25, 0.3) is 0 Å². The van der Waals surface area contributed by atoms with Crippen molar-refractivity contribution in [1.82, 2.24) is 5.32 Å². The number of amides is 1. The van der Waals surface area contributed by atoms with E-state index < -0.39 is 0 Å². The first-order valence-corrected chi connectivity index (χ1v) is 6.86. The highest BCUT2D eigenvalue weighted by molar-refractivity contribution is 5.88. The lowest BCUT2D eigenvalue weighted by atomic mass is 9.74. The molecular weight excluding hydrogens is 240 g/mol. The third kappa shape index (κ3) is 1.05. The molecule has 2 unspecified atom stereocenters. The number of ether oxygens (including phenoxy) is 1. The van der Waals surface area contributed by atoms with Crippen LogP contribution in [0.15, 0.2) is 18.2 Å². The van der Waals surface area contributed by atoms with Gasteiger partial charge in [0.05, 0.1) is 7.11 Å². The van der Waals surface area contributed by atoms with Crippen LogP contribution in [-0.2, 0) is 10.2 Å². The molecule has 4 nitrogen and oxygen atoms in total. The standard InChI is InChI=1S/C15H18N2O2/c1-17-12-5-4-10(19-2)8-11(12)14-6-3-7-15(14,17)16-13(18)9-14/h4-5,8H,3,6-7,9H2,1-2H3,(H,16,18). The normalized spacial score (nSPS) is 34.8. The van der Waals surface area contributed by atoms with Crippen LogP contribution in [0.25, 0.3) is 0 Å². The molecular formula is C15H18N2O2. The molecule has 19 heavy (non-hydrogen) atoms. The number of likely N-dealkylation sites (N-methyl/N-ethyl adjacent to an activating group) is 1. The Labute approximate surface area is 112 Å². The zero-order chi connectivity index (χ0) is 13.3. The predicted molar refractivity (Wildman–Crippen MR) is 72.4 cm³/mol. The van der Waals surface area contributed by atoms with E-state index in [4.69, 9.17) is 4.74 Å². The lowest BCUT2D eigenvalue weighted by molar-refractivity contribution is -0.120. The summed E-state index contributed by atoms with van der Waals surface area (Å²) in [6.45, 7) is 0. The molecule has 0 bridgehead atoms. The van der Waals surface area contributed by atoms with Crippen molar-refractivity contribution < 1.29 is 9.53 Å². The Morgan fingerprint density at radius 1 is 1.37 bits per heavy atom. The lowest BCUT2D eigenvalue weighted by Gasteiger charge is -2.39. The van der Waals surface area contributed by atoms with Gasteiger partial charge in [-0.1, -0.05) is 0 Å². The highest BCUT2D eigenvalue weighted by Crippen LogP contribution is 2.62. The number of nitrogens with zero attached hydrogens (tertiary/aromatic N) is 1. The minimum Gasteiger partial charge on any atom is -0.497 e. The molecule has 1 N–H and O–H groups in total. The summed E-state index contributed by atoms with van der Waals surface area (Å²) in [5.74, 6) is 1.06. The molecule has 1 aromatic rings. The van der Waals surface area contributed by atoms with E-state index in [1.54, 1.807) is 7.11 Å². The Balaban J connectivity index is 1.98. The number of fused-ring (bicyclic) bond motifs is 1. The number of hydrogen-bond acceptors (Lipinski definition) is 3. The maximum Gasteiger partial charge on any atom is 0.222 e. The molecule has 1 aromatic carbocycles. The van der Waals surface area contributed by atoms with Crippen LogP contribution in [-0.4, -0.2) is 25.7 Å². The Morgan fingerprint density at radius 3 is 3.00 bits per heavy atom. The second-order valence-corrected chi connectivity index (χ2v) is 5.96. The van der Waals surface area contributed by atoms with Crippen LogP contribution in [0.4, 0.5) is 5.69 Å². The van der Waals surface area contributed by atoms with Crippen LogP contribution in [0.1, 0.15) is 31.2 Å². The average Bonchev–Trinajstić information content (AvgIpc) is 2.94. The summed E-state index contributed by atoms with van der Waals surface area (Å²) < 4.78 is 5.37. The topological polar surface area (TPSA) is 41.6 Å². The summed E-state index contributed by atoms with van der Waals surface area (Å²) in [6, 6.07) is 6.24. The molecule has 2 fully saturated rings. The van der Waals surface area contributed by atoms with Gasteiger partial charge in [-0.25, -0.2) is 0 Å². The minimum atomic E-state index is -0.196. The van der Waals surface area contributed by atoms with Crippen molar-refractivity contribution >= 4 is 11.6 Å². The first-order chi connectivity index (χ1) is 9.13. The predicted octanol–water partition coefficient (Wildman–Crippen LogP) is 1.78. The number of methoxy groups -OCH3 is 1. The zero-order valence-corrected chi connectivity index (χ0v) is 11.3. The largest absolute Gasteiger partial charge is 0.497 e. The van der Waals surface area contributed by atoms with Gasteiger partial charge in [0.15, 0.2) is 0 Å². The molecule has 2 heterocycles. The fourth-order valence-electron chi connectivity index (χ4n) is 4.61. The molecule has 0 radical (unpaired) electrons. The maximum atomic E-state index is 12.0. The van der Waals surface area contributed by atoms with Crippen molar-refractivity contribution in [3.63, 3.8) is 0 Å². The number of rotatable bonds is 1. The van der Waals surface area contributed by atoms with Crippen LogP contribution in [0.3, 0.4) is 0 Å². The summed E-state index contributed by atoms with van der Waals surface area (Å²) in [5.41, 5.74) is 2.27. The highest BCUT2D eigenvalue weighted by atomic mass is 16.5. The van der Waals surface area contributed by atoms with Crippen molar-refractivity contribution in [3.05, 3.63) is 23.8 Å².